The van der Waals surface area contributed by atoms with Crippen molar-refractivity contribution in [3.05, 3.63) is 28.8 Å². The minimum absolute atomic E-state index is 0.00162. The van der Waals surface area contributed by atoms with Gasteiger partial charge in [0.05, 0.1) is 5.02 Å². The van der Waals surface area contributed by atoms with Crippen LogP contribution in [0.2, 0.25) is 5.02 Å². The van der Waals surface area contributed by atoms with Crippen molar-refractivity contribution >= 4 is 33.4 Å². The van der Waals surface area contributed by atoms with E-state index in [0.29, 0.717) is 18.2 Å². The van der Waals surface area contributed by atoms with Crippen molar-refractivity contribution in [2.75, 3.05) is 11.9 Å². The number of hydrogen-bond donors (Lipinski definition) is 1. The molecule has 0 bridgehead atoms. The zero-order valence-corrected chi connectivity index (χ0v) is 13.7. The molecule has 5 heteroatoms. The van der Waals surface area contributed by atoms with Crippen LogP contribution in [0.5, 0.6) is 5.75 Å². The second-order valence-corrected chi connectivity index (χ2v) is 6.35. The minimum Gasteiger partial charge on any atom is -0.506 e. The number of rotatable bonds is 4. The van der Waals surface area contributed by atoms with E-state index in [9.17, 15) is 9.90 Å². The van der Waals surface area contributed by atoms with Gasteiger partial charge in [0.1, 0.15) is 5.75 Å². The van der Waals surface area contributed by atoms with Crippen molar-refractivity contribution < 1.29 is 9.90 Å². The largest absolute Gasteiger partial charge is 0.506 e. The molecule has 1 aliphatic carbocycles. The van der Waals surface area contributed by atoms with E-state index in [0.717, 1.165) is 18.2 Å². The molecule has 20 heavy (non-hydrogen) atoms. The van der Waals surface area contributed by atoms with Gasteiger partial charge < -0.3 is 10.0 Å². The normalized spacial score (nSPS) is 16.1. The van der Waals surface area contributed by atoms with Gasteiger partial charge in [-0.05, 0) is 31.0 Å². The maximum Gasteiger partial charge on any atom is 0.254 e. The number of hydrogen-bond acceptors (Lipinski definition) is 2. The molecule has 0 radical (unpaired) electrons. The molecule has 1 aromatic carbocycles. The Labute approximate surface area is 133 Å². The summed E-state index contributed by atoms with van der Waals surface area (Å²) in [5.41, 5.74) is 0.541. The zero-order chi connectivity index (χ0) is 14.5. The van der Waals surface area contributed by atoms with Crippen LogP contribution in [-0.2, 0) is 0 Å². The first-order valence-electron chi connectivity index (χ1n) is 6.99. The molecule has 1 fully saturated rings. The molecule has 0 heterocycles. The number of alkyl halides is 1. The molecule has 1 N–H and O–H groups in total. The summed E-state index contributed by atoms with van der Waals surface area (Å²) in [4.78, 5) is 14.6. The molecular weight excluding hydrogens is 342 g/mol. The van der Waals surface area contributed by atoms with E-state index >= 15 is 0 Å². The highest BCUT2D eigenvalue weighted by Crippen LogP contribution is 2.27. The number of phenolic OH excluding ortho intramolecular Hbond substituents is 1. The van der Waals surface area contributed by atoms with Crippen LogP contribution in [0.3, 0.4) is 0 Å². The average Bonchev–Trinajstić information content (AvgIpc) is 2.48. The Bertz CT molecular complexity index is 475. The molecule has 0 spiro atoms. The first-order valence-corrected chi connectivity index (χ1v) is 8.49. The van der Waals surface area contributed by atoms with Crippen LogP contribution in [0.4, 0.5) is 0 Å². The quantitative estimate of drug-likeness (QED) is 0.817. The van der Waals surface area contributed by atoms with Crippen molar-refractivity contribution in [2.24, 2.45) is 0 Å². The molecule has 1 aliphatic rings. The van der Waals surface area contributed by atoms with Gasteiger partial charge in [-0.25, -0.2) is 0 Å². The van der Waals surface area contributed by atoms with Crippen molar-refractivity contribution in [2.45, 2.75) is 38.1 Å². The topological polar surface area (TPSA) is 40.5 Å². The maximum atomic E-state index is 12.7. The lowest BCUT2D eigenvalue weighted by Gasteiger charge is -2.34. The summed E-state index contributed by atoms with van der Waals surface area (Å²) in [7, 11) is 0. The van der Waals surface area contributed by atoms with E-state index in [-0.39, 0.29) is 16.7 Å². The van der Waals surface area contributed by atoms with E-state index in [2.05, 4.69) is 15.9 Å². The SMILES string of the molecule is O=C(c1ccc(O)c(Cl)c1)N(CCBr)C1CCCCC1. The lowest BCUT2D eigenvalue weighted by Crippen LogP contribution is -2.42. The third-order valence-corrected chi connectivity index (χ3v) is 4.45. The monoisotopic (exact) mass is 359 g/mol. The van der Waals surface area contributed by atoms with Crippen LogP contribution in [0, 0.1) is 0 Å². The Morgan fingerprint density at radius 2 is 2.05 bits per heavy atom. The molecule has 0 aliphatic heterocycles. The molecule has 110 valence electrons. The fraction of sp³-hybridized carbons (Fsp3) is 0.533. The van der Waals surface area contributed by atoms with E-state index < -0.39 is 0 Å². The molecule has 0 saturated heterocycles. The Morgan fingerprint density at radius 3 is 2.65 bits per heavy atom. The zero-order valence-electron chi connectivity index (χ0n) is 11.3. The maximum absolute atomic E-state index is 12.7. The van der Waals surface area contributed by atoms with Crippen molar-refractivity contribution in [1.29, 1.82) is 0 Å². The van der Waals surface area contributed by atoms with Gasteiger partial charge in [-0.3, -0.25) is 4.79 Å². The van der Waals surface area contributed by atoms with Crippen LogP contribution < -0.4 is 0 Å². The number of amides is 1. The van der Waals surface area contributed by atoms with Gasteiger partial charge in [0.25, 0.3) is 5.91 Å². The third kappa shape index (κ3) is 3.67. The molecule has 1 aromatic rings. The van der Waals surface area contributed by atoms with E-state index in [1.54, 1.807) is 12.1 Å². The van der Waals surface area contributed by atoms with Crippen molar-refractivity contribution in [3.8, 4) is 5.75 Å². The molecule has 1 saturated carbocycles. The second kappa shape index (κ2) is 7.32. The summed E-state index contributed by atoms with van der Waals surface area (Å²) in [5.74, 6) is 0.00572. The Kier molecular flexibility index (Phi) is 5.73. The van der Waals surface area contributed by atoms with Crippen LogP contribution in [0.15, 0.2) is 18.2 Å². The number of halogens is 2. The van der Waals surface area contributed by atoms with Gasteiger partial charge in [0, 0.05) is 23.5 Å². The Balaban J connectivity index is 2.18. The highest BCUT2D eigenvalue weighted by Gasteiger charge is 2.26. The molecular formula is C15H19BrClNO2. The number of benzene rings is 1. The fourth-order valence-corrected chi connectivity index (χ4v) is 3.30. The third-order valence-electron chi connectivity index (χ3n) is 3.80. The first-order chi connectivity index (χ1) is 9.63. The summed E-state index contributed by atoms with van der Waals surface area (Å²) < 4.78 is 0. The van der Waals surface area contributed by atoms with E-state index in [1.165, 1.54) is 25.3 Å². The minimum atomic E-state index is -0.00162. The predicted molar refractivity (Wildman–Crippen MR) is 84.8 cm³/mol. The summed E-state index contributed by atoms with van der Waals surface area (Å²) >= 11 is 9.32. The fourth-order valence-electron chi connectivity index (χ4n) is 2.74. The molecule has 0 atom stereocenters. The number of carbonyl (C=O) groups is 1. The van der Waals surface area contributed by atoms with E-state index in [1.807, 2.05) is 4.90 Å². The molecule has 0 aromatic heterocycles. The van der Waals surface area contributed by atoms with Gasteiger partial charge in [0.15, 0.2) is 0 Å². The highest BCUT2D eigenvalue weighted by molar-refractivity contribution is 9.09. The number of nitrogens with zero attached hydrogens (tertiary/aromatic N) is 1. The summed E-state index contributed by atoms with van der Waals surface area (Å²) in [6.07, 6.45) is 5.78. The molecule has 1 amide bonds. The van der Waals surface area contributed by atoms with Gasteiger partial charge in [-0.15, -0.1) is 0 Å². The van der Waals surface area contributed by atoms with Crippen LogP contribution >= 0.6 is 27.5 Å². The van der Waals surface area contributed by atoms with Gasteiger partial charge >= 0.3 is 0 Å². The number of carbonyl (C=O) groups excluding carboxylic acids is 1. The van der Waals surface area contributed by atoms with Gasteiger partial charge in [-0.1, -0.05) is 46.8 Å². The highest BCUT2D eigenvalue weighted by atomic mass is 79.9. The smallest absolute Gasteiger partial charge is 0.254 e. The Morgan fingerprint density at radius 1 is 1.35 bits per heavy atom. The second-order valence-electron chi connectivity index (χ2n) is 5.15. The average molecular weight is 361 g/mol. The van der Waals surface area contributed by atoms with Gasteiger partial charge in [-0.2, -0.15) is 0 Å². The molecule has 2 rings (SSSR count). The van der Waals surface area contributed by atoms with Crippen LogP contribution in [0.25, 0.3) is 0 Å². The Hall–Kier alpha value is -0.740. The van der Waals surface area contributed by atoms with Crippen LogP contribution in [0.1, 0.15) is 42.5 Å². The molecule has 0 unspecified atom stereocenters. The summed E-state index contributed by atoms with van der Waals surface area (Å²) in [5, 5.41) is 10.4. The van der Waals surface area contributed by atoms with E-state index in [4.69, 9.17) is 11.6 Å². The summed E-state index contributed by atoms with van der Waals surface area (Å²) in [6.45, 7) is 0.696. The van der Waals surface area contributed by atoms with Crippen molar-refractivity contribution in [3.63, 3.8) is 0 Å². The summed E-state index contributed by atoms with van der Waals surface area (Å²) in [6, 6.07) is 4.97. The molecule has 3 nitrogen and oxygen atoms in total. The van der Waals surface area contributed by atoms with Crippen molar-refractivity contribution in [1.82, 2.24) is 4.90 Å². The number of phenols is 1. The predicted octanol–water partition coefficient (Wildman–Crippen LogP) is 4.22. The first kappa shape index (κ1) is 15.6. The standard InChI is InChI=1S/C15H19BrClNO2/c16-8-9-18(12-4-2-1-3-5-12)15(20)11-6-7-14(19)13(17)10-11/h6-7,10,12,19H,1-5,8-9H2. The lowest BCUT2D eigenvalue weighted by atomic mass is 9.93. The van der Waals surface area contributed by atoms with Gasteiger partial charge in [0.2, 0.25) is 0 Å². The number of aromatic hydroxyl groups is 1. The van der Waals surface area contributed by atoms with Crippen LogP contribution in [-0.4, -0.2) is 33.8 Å². The lowest BCUT2D eigenvalue weighted by molar-refractivity contribution is 0.0651.